The summed E-state index contributed by atoms with van der Waals surface area (Å²) in [6.07, 6.45) is 10.9. The van der Waals surface area contributed by atoms with Crippen LogP contribution >= 0.6 is 11.3 Å². The molecule has 0 bridgehead atoms. The number of carbonyl (C=O) groups excluding carboxylic acids is 1. The molecule has 0 N–H and O–H groups in total. The van der Waals surface area contributed by atoms with Gasteiger partial charge in [-0.25, -0.2) is 4.98 Å². The van der Waals surface area contributed by atoms with Gasteiger partial charge in [-0.3, -0.25) is 19.7 Å². The number of carbonyl (C=O) groups is 1. The van der Waals surface area contributed by atoms with Crippen LogP contribution in [0.2, 0.25) is 0 Å². The van der Waals surface area contributed by atoms with Crippen molar-refractivity contribution in [3.63, 3.8) is 0 Å². The van der Waals surface area contributed by atoms with Gasteiger partial charge in [0.15, 0.2) is 5.13 Å². The molecule has 1 saturated carbocycles. The van der Waals surface area contributed by atoms with Gasteiger partial charge in [-0.15, -0.1) is 11.3 Å². The normalized spacial score (nSPS) is 14.7. The van der Waals surface area contributed by atoms with Gasteiger partial charge < -0.3 is 0 Å². The molecule has 0 radical (unpaired) electrons. The van der Waals surface area contributed by atoms with Gasteiger partial charge in [-0.05, 0) is 25.0 Å². The molecule has 1 fully saturated rings. The van der Waals surface area contributed by atoms with Crippen LogP contribution < -0.4 is 4.90 Å². The van der Waals surface area contributed by atoms with Gasteiger partial charge in [-0.1, -0.05) is 0 Å². The minimum atomic E-state index is 0.0614. The average Bonchev–Trinajstić information content (AvgIpc) is 3.16. The molecule has 0 aromatic carbocycles. The molecule has 3 rings (SSSR count). The van der Waals surface area contributed by atoms with E-state index in [9.17, 15) is 4.79 Å². The van der Waals surface area contributed by atoms with Crippen molar-refractivity contribution >= 4 is 34.5 Å². The van der Waals surface area contributed by atoms with Crippen LogP contribution in [0.25, 0.3) is 12.2 Å². The summed E-state index contributed by atoms with van der Waals surface area (Å²) in [6.45, 7) is 1.59. The van der Waals surface area contributed by atoms with E-state index in [4.69, 9.17) is 0 Å². The van der Waals surface area contributed by atoms with Gasteiger partial charge >= 0.3 is 0 Å². The number of thiazole rings is 1. The van der Waals surface area contributed by atoms with Crippen LogP contribution in [0.4, 0.5) is 5.13 Å². The van der Waals surface area contributed by atoms with Crippen LogP contribution in [0.15, 0.2) is 24.0 Å². The SMILES string of the molecule is CC(=O)N(c1nc(C=Cc2cnccn2)cs1)C1CC1. The van der Waals surface area contributed by atoms with Crippen molar-refractivity contribution in [2.75, 3.05) is 4.90 Å². The number of rotatable bonds is 4. The molecular formula is C14H14N4OS. The first-order valence-corrected chi connectivity index (χ1v) is 7.31. The van der Waals surface area contributed by atoms with Crippen LogP contribution in [-0.4, -0.2) is 26.9 Å². The lowest BCUT2D eigenvalue weighted by Gasteiger charge is -2.16. The lowest BCUT2D eigenvalue weighted by molar-refractivity contribution is -0.116. The van der Waals surface area contributed by atoms with E-state index >= 15 is 0 Å². The second-order valence-electron chi connectivity index (χ2n) is 4.64. The zero-order chi connectivity index (χ0) is 13.9. The lowest BCUT2D eigenvalue weighted by atomic mass is 10.3. The first kappa shape index (κ1) is 12.9. The topological polar surface area (TPSA) is 59.0 Å². The van der Waals surface area contributed by atoms with E-state index in [-0.39, 0.29) is 5.91 Å². The molecule has 0 unspecified atom stereocenters. The number of anilines is 1. The molecule has 20 heavy (non-hydrogen) atoms. The van der Waals surface area contributed by atoms with E-state index in [0.29, 0.717) is 6.04 Å². The van der Waals surface area contributed by atoms with E-state index < -0.39 is 0 Å². The zero-order valence-corrected chi connectivity index (χ0v) is 11.9. The van der Waals surface area contributed by atoms with Crippen LogP contribution in [0.5, 0.6) is 0 Å². The Bertz CT molecular complexity index is 634. The van der Waals surface area contributed by atoms with E-state index in [0.717, 1.165) is 29.4 Å². The van der Waals surface area contributed by atoms with Crippen molar-refractivity contribution < 1.29 is 4.79 Å². The standard InChI is InChI=1S/C14H14N4OS/c1-10(19)18(13-4-5-13)14-17-12(9-20-14)3-2-11-8-15-6-7-16-11/h2-3,6-9,13H,4-5H2,1H3. The van der Waals surface area contributed by atoms with Crippen molar-refractivity contribution in [1.82, 2.24) is 15.0 Å². The molecule has 1 amide bonds. The molecule has 2 aromatic heterocycles. The van der Waals surface area contributed by atoms with Crippen LogP contribution in [0.3, 0.4) is 0 Å². The molecule has 2 aromatic rings. The summed E-state index contributed by atoms with van der Waals surface area (Å²) in [5, 5.41) is 2.72. The summed E-state index contributed by atoms with van der Waals surface area (Å²) in [6, 6.07) is 0.343. The lowest BCUT2D eigenvalue weighted by Crippen LogP contribution is -2.30. The van der Waals surface area contributed by atoms with Gasteiger partial charge in [0.1, 0.15) is 0 Å². The Morgan fingerprint density at radius 1 is 1.35 bits per heavy atom. The molecule has 1 aliphatic rings. The third-order valence-corrected chi connectivity index (χ3v) is 3.83. The highest BCUT2D eigenvalue weighted by atomic mass is 32.1. The quantitative estimate of drug-likeness (QED) is 0.867. The highest BCUT2D eigenvalue weighted by molar-refractivity contribution is 7.14. The minimum absolute atomic E-state index is 0.0614. The highest BCUT2D eigenvalue weighted by Gasteiger charge is 2.33. The number of aromatic nitrogens is 3. The van der Waals surface area contributed by atoms with Gasteiger partial charge in [0, 0.05) is 30.7 Å². The number of nitrogens with zero attached hydrogens (tertiary/aromatic N) is 4. The Morgan fingerprint density at radius 2 is 2.15 bits per heavy atom. The van der Waals surface area contributed by atoms with E-state index in [1.165, 1.54) is 11.3 Å². The van der Waals surface area contributed by atoms with Gasteiger partial charge in [0.25, 0.3) is 0 Å². The Morgan fingerprint density at radius 3 is 2.80 bits per heavy atom. The summed E-state index contributed by atoms with van der Waals surface area (Å²) in [7, 11) is 0. The Labute approximate surface area is 121 Å². The smallest absolute Gasteiger partial charge is 0.225 e. The first-order valence-electron chi connectivity index (χ1n) is 6.43. The van der Waals surface area contributed by atoms with E-state index in [2.05, 4.69) is 15.0 Å². The highest BCUT2D eigenvalue weighted by Crippen LogP contribution is 2.33. The molecule has 102 valence electrons. The van der Waals surface area contributed by atoms with Crippen molar-refractivity contribution in [3.8, 4) is 0 Å². The predicted octanol–water partition coefficient (Wildman–Crippen LogP) is 2.62. The minimum Gasteiger partial charge on any atom is -0.285 e. The maximum atomic E-state index is 11.7. The molecule has 0 spiro atoms. The molecule has 0 aliphatic heterocycles. The third-order valence-electron chi connectivity index (χ3n) is 2.98. The second-order valence-corrected chi connectivity index (χ2v) is 5.48. The molecule has 0 saturated heterocycles. The molecule has 0 atom stereocenters. The van der Waals surface area contributed by atoms with Crippen molar-refractivity contribution in [3.05, 3.63) is 35.4 Å². The summed E-state index contributed by atoms with van der Waals surface area (Å²) < 4.78 is 0. The van der Waals surface area contributed by atoms with E-state index in [1.807, 2.05) is 17.5 Å². The fourth-order valence-electron chi connectivity index (χ4n) is 1.91. The molecule has 2 heterocycles. The third kappa shape index (κ3) is 2.91. The zero-order valence-electron chi connectivity index (χ0n) is 11.1. The van der Waals surface area contributed by atoms with E-state index in [1.54, 1.807) is 30.4 Å². The summed E-state index contributed by atoms with van der Waals surface area (Å²) >= 11 is 1.50. The molecule has 6 heteroatoms. The molecule has 1 aliphatic carbocycles. The number of amides is 1. The maximum absolute atomic E-state index is 11.7. The van der Waals surface area contributed by atoms with Gasteiger partial charge in [-0.2, -0.15) is 0 Å². The summed E-state index contributed by atoms with van der Waals surface area (Å²) in [5.74, 6) is 0.0614. The maximum Gasteiger partial charge on any atom is 0.225 e. The van der Waals surface area contributed by atoms with Gasteiger partial charge in [0.05, 0.1) is 17.6 Å². The Hall–Kier alpha value is -2.08. The number of hydrogen-bond donors (Lipinski definition) is 0. The van der Waals surface area contributed by atoms with Gasteiger partial charge in [0.2, 0.25) is 5.91 Å². The van der Waals surface area contributed by atoms with Crippen molar-refractivity contribution in [2.24, 2.45) is 0 Å². The van der Waals surface area contributed by atoms with Crippen molar-refractivity contribution in [1.29, 1.82) is 0 Å². The number of hydrogen-bond acceptors (Lipinski definition) is 5. The first-order chi connectivity index (χ1) is 9.74. The second kappa shape index (κ2) is 5.50. The Kier molecular flexibility index (Phi) is 3.56. The monoisotopic (exact) mass is 286 g/mol. The van der Waals surface area contributed by atoms with Crippen LogP contribution in [0.1, 0.15) is 31.2 Å². The van der Waals surface area contributed by atoms with Crippen LogP contribution in [0, 0.1) is 0 Å². The van der Waals surface area contributed by atoms with Crippen molar-refractivity contribution in [2.45, 2.75) is 25.8 Å². The summed E-state index contributed by atoms with van der Waals surface area (Å²) in [5.41, 5.74) is 1.62. The predicted molar refractivity (Wildman–Crippen MR) is 79.3 cm³/mol. The van der Waals surface area contributed by atoms with Crippen LogP contribution in [-0.2, 0) is 4.79 Å². The average molecular weight is 286 g/mol. The largest absolute Gasteiger partial charge is 0.285 e. The Balaban J connectivity index is 1.76. The molecular weight excluding hydrogens is 272 g/mol. The fraction of sp³-hybridized carbons (Fsp3) is 0.286. The summed E-state index contributed by atoms with van der Waals surface area (Å²) in [4.78, 5) is 26.1. The molecule has 5 nitrogen and oxygen atoms in total. The fourth-order valence-corrected chi connectivity index (χ4v) is 2.82.